The van der Waals surface area contributed by atoms with E-state index in [0.29, 0.717) is 11.1 Å². The number of methoxy groups -OCH3 is 2. The van der Waals surface area contributed by atoms with Crippen LogP contribution in [-0.4, -0.2) is 62.0 Å². The first-order valence-electron chi connectivity index (χ1n) is 21.8. The number of hydrogen-bond acceptors (Lipinski definition) is 12. The van der Waals surface area contributed by atoms with Crippen LogP contribution in [0, 0.1) is 0 Å². The van der Waals surface area contributed by atoms with Crippen molar-refractivity contribution in [1.29, 1.82) is 0 Å². The highest BCUT2D eigenvalue weighted by Crippen LogP contribution is 2.31. The Bertz CT molecular complexity index is 2560. The number of ether oxygens (including phenoxy) is 6. The van der Waals surface area contributed by atoms with Gasteiger partial charge in [0.25, 0.3) is 0 Å². The molecule has 14 heteroatoms. The van der Waals surface area contributed by atoms with Crippen molar-refractivity contribution >= 4 is 47.8 Å². The summed E-state index contributed by atoms with van der Waals surface area (Å²) in [6.45, 7) is 0.0237. The monoisotopic (exact) mass is 930 g/mol. The Morgan fingerprint density at radius 1 is 0.449 bits per heavy atom. The van der Waals surface area contributed by atoms with Gasteiger partial charge in [-0.25, -0.2) is 19.2 Å². The van der Waals surface area contributed by atoms with Crippen molar-refractivity contribution in [3.63, 3.8) is 0 Å². The van der Waals surface area contributed by atoms with E-state index < -0.39 is 54.2 Å². The van der Waals surface area contributed by atoms with Gasteiger partial charge in [0.15, 0.2) is 34.6 Å². The minimum Gasteiger partial charge on any atom is -0.493 e. The maximum absolute atomic E-state index is 13.5. The molecule has 0 heterocycles. The highest BCUT2D eigenvalue weighted by molar-refractivity contribution is 6.11. The fourth-order valence-electron chi connectivity index (χ4n) is 6.67. The molecule has 0 spiro atoms. The van der Waals surface area contributed by atoms with Crippen LogP contribution in [0.25, 0.3) is 12.2 Å². The second kappa shape index (κ2) is 25.8. The first-order chi connectivity index (χ1) is 33.5. The van der Waals surface area contributed by atoms with Crippen molar-refractivity contribution in [2.24, 2.45) is 0 Å². The lowest BCUT2D eigenvalue weighted by atomic mass is 10.1. The standard InChI is InChI=1S/C55H50N2O12/c1-64-50-33-40(25-29-48(50)68-52(60)46(31-38-15-7-3-8-16-38)56-54(62)66-36-42-19-11-5-12-20-42)23-27-44(58)35-45(59)28-24-41-26-30-49(51(34-41)65-2)69-53(61)47(32-39-17-9-4-10-18-39)57-55(63)67-37-43-21-13-6-14-22-43/h3-30,33-34,46-47H,31-32,35-37H2,1-2H3,(H,56,62)(H,57,63)/b27-23+,28-24+/t46-,47-/m0/s1. The van der Waals surface area contributed by atoms with Crippen LogP contribution < -0.4 is 29.6 Å². The molecule has 0 bridgehead atoms. The number of amides is 2. The second-order valence-electron chi connectivity index (χ2n) is 15.3. The number of carbonyl (C=O) groups is 6. The fraction of sp³-hybridized carbons (Fsp3) is 0.164. The van der Waals surface area contributed by atoms with Crippen LogP contribution in [0.3, 0.4) is 0 Å². The largest absolute Gasteiger partial charge is 0.493 e. The van der Waals surface area contributed by atoms with E-state index in [1.165, 1.54) is 50.7 Å². The van der Waals surface area contributed by atoms with Gasteiger partial charge >= 0.3 is 24.1 Å². The molecule has 0 saturated carbocycles. The van der Waals surface area contributed by atoms with Crippen molar-refractivity contribution in [2.75, 3.05) is 14.2 Å². The van der Waals surface area contributed by atoms with Gasteiger partial charge in [-0.1, -0.05) is 146 Å². The summed E-state index contributed by atoms with van der Waals surface area (Å²) in [5.74, 6) is -1.95. The number of benzene rings is 6. The Balaban J connectivity index is 1.02. The maximum atomic E-state index is 13.5. The third-order valence-electron chi connectivity index (χ3n) is 10.2. The molecular weight excluding hydrogens is 881 g/mol. The van der Waals surface area contributed by atoms with Gasteiger partial charge in [0.2, 0.25) is 0 Å². The molecule has 0 aliphatic rings. The lowest BCUT2D eigenvalue weighted by Crippen LogP contribution is -2.44. The molecule has 6 aromatic rings. The van der Waals surface area contributed by atoms with Gasteiger partial charge in [-0.2, -0.15) is 0 Å². The van der Waals surface area contributed by atoms with E-state index >= 15 is 0 Å². The van der Waals surface area contributed by atoms with Gasteiger partial charge in [0, 0.05) is 12.8 Å². The van der Waals surface area contributed by atoms with Crippen molar-refractivity contribution in [3.05, 3.63) is 203 Å². The lowest BCUT2D eigenvalue weighted by molar-refractivity contribution is -0.137. The first kappa shape index (κ1) is 49.6. The molecule has 0 aliphatic heterocycles. The zero-order valence-electron chi connectivity index (χ0n) is 37.9. The number of hydrogen-bond donors (Lipinski definition) is 2. The summed E-state index contributed by atoms with van der Waals surface area (Å²) in [4.78, 5) is 78.2. The lowest BCUT2D eigenvalue weighted by Gasteiger charge is -2.18. The summed E-state index contributed by atoms with van der Waals surface area (Å²) in [5.41, 5.74) is 4.16. The van der Waals surface area contributed by atoms with Crippen LogP contribution in [0.2, 0.25) is 0 Å². The zero-order valence-corrected chi connectivity index (χ0v) is 37.9. The topological polar surface area (TPSA) is 182 Å². The third-order valence-corrected chi connectivity index (χ3v) is 10.2. The van der Waals surface area contributed by atoms with Crippen molar-refractivity contribution in [3.8, 4) is 23.0 Å². The van der Waals surface area contributed by atoms with Gasteiger partial charge < -0.3 is 39.1 Å². The first-order valence-corrected chi connectivity index (χ1v) is 21.8. The summed E-state index contributed by atoms with van der Waals surface area (Å²) in [6, 6.07) is 43.6. The van der Waals surface area contributed by atoms with Crippen LogP contribution in [0.1, 0.15) is 39.8 Å². The van der Waals surface area contributed by atoms with Crippen LogP contribution in [0.5, 0.6) is 23.0 Å². The minimum atomic E-state index is -1.10. The van der Waals surface area contributed by atoms with E-state index in [9.17, 15) is 28.8 Å². The molecule has 2 atom stereocenters. The van der Waals surface area contributed by atoms with Gasteiger partial charge in [0.05, 0.1) is 20.6 Å². The van der Waals surface area contributed by atoms with Crippen LogP contribution in [0.15, 0.2) is 170 Å². The summed E-state index contributed by atoms with van der Waals surface area (Å²) in [7, 11) is 2.78. The Hall–Kier alpha value is -8.78. The SMILES string of the molecule is COc1cc(/C=C/C(=O)CC(=O)/C=C/c2ccc(OC(=O)[C@H](Cc3ccccc3)NC(=O)OCc3ccccc3)c(OC)c2)ccc1OC(=O)[C@H](Cc1ccccc1)NC(=O)OCc1ccccc1. The molecule has 0 unspecified atom stereocenters. The van der Waals surface area contributed by atoms with Gasteiger partial charge in [0.1, 0.15) is 25.3 Å². The summed E-state index contributed by atoms with van der Waals surface area (Å²) < 4.78 is 33.1. The molecule has 6 rings (SSSR count). The number of carbonyl (C=O) groups excluding carboxylic acids is 6. The molecule has 0 aliphatic carbocycles. The van der Waals surface area contributed by atoms with Gasteiger partial charge in [-0.3, -0.25) is 9.59 Å². The molecule has 0 fully saturated rings. The van der Waals surface area contributed by atoms with Crippen molar-refractivity contribution in [2.45, 2.75) is 44.6 Å². The predicted molar refractivity (Wildman–Crippen MR) is 257 cm³/mol. The van der Waals surface area contributed by atoms with E-state index in [0.717, 1.165) is 22.3 Å². The Morgan fingerprint density at radius 2 is 0.797 bits per heavy atom. The molecule has 6 aromatic carbocycles. The number of esters is 2. The second-order valence-corrected chi connectivity index (χ2v) is 15.3. The molecule has 14 nitrogen and oxygen atoms in total. The quantitative estimate of drug-likeness (QED) is 0.0286. The maximum Gasteiger partial charge on any atom is 0.408 e. The molecule has 69 heavy (non-hydrogen) atoms. The van der Waals surface area contributed by atoms with Gasteiger partial charge in [-0.05, 0) is 69.8 Å². The van der Waals surface area contributed by atoms with Crippen LogP contribution in [-0.2, 0) is 54.7 Å². The smallest absolute Gasteiger partial charge is 0.408 e. The average Bonchev–Trinajstić information content (AvgIpc) is 3.37. The van der Waals surface area contributed by atoms with Crippen molar-refractivity contribution < 1.29 is 57.2 Å². The molecule has 0 radical (unpaired) electrons. The summed E-state index contributed by atoms with van der Waals surface area (Å²) in [5, 5.41) is 5.22. The summed E-state index contributed by atoms with van der Waals surface area (Å²) >= 11 is 0. The van der Waals surface area contributed by atoms with E-state index in [-0.39, 0.29) is 49.1 Å². The van der Waals surface area contributed by atoms with E-state index in [2.05, 4.69) is 10.6 Å². The molecular formula is C55H50N2O12. The number of allylic oxidation sites excluding steroid dienone is 2. The normalized spacial score (nSPS) is 11.7. The number of nitrogens with one attached hydrogen (secondary N) is 2. The van der Waals surface area contributed by atoms with Gasteiger partial charge in [-0.15, -0.1) is 0 Å². The highest BCUT2D eigenvalue weighted by Gasteiger charge is 2.27. The predicted octanol–water partition coefficient (Wildman–Crippen LogP) is 8.84. The third kappa shape index (κ3) is 16.3. The minimum absolute atomic E-state index is 0.0118. The summed E-state index contributed by atoms with van der Waals surface area (Å²) in [6.07, 6.45) is 3.73. The Labute approximate surface area is 399 Å². The molecule has 0 saturated heterocycles. The number of rotatable bonds is 22. The van der Waals surface area contributed by atoms with Crippen LogP contribution >= 0.6 is 0 Å². The molecule has 2 amide bonds. The highest BCUT2D eigenvalue weighted by atomic mass is 16.6. The van der Waals surface area contributed by atoms with E-state index in [4.69, 9.17) is 28.4 Å². The molecule has 2 N–H and O–H groups in total. The number of alkyl carbamates (subject to hydrolysis) is 2. The average molecular weight is 931 g/mol. The fourth-order valence-corrected chi connectivity index (χ4v) is 6.67. The number of ketones is 2. The van der Waals surface area contributed by atoms with E-state index in [1.54, 1.807) is 24.3 Å². The molecule has 352 valence electrons. The Kier molecular flexibility index (Phi) is 18.6. The molecule has 0 aromatic heterocycles. The zero-order chi connectivity index (χ0) is 48.8. The van der Waals surface area contributed by atoms with E-state index in [1.807, 2.05) is 121 Å². The van der Waals surface area contributed by atoms with Crippen LogP contribution in [0.4, 0.5) is 9.59 Å². The Morgan fingerprint density at radius 3 is 1.14 bits per heavy atom. The van der Waals surface area contributed by atoms with Crippen molar-refractivity contribution in [1.82, 2.24) is 10.6 Å².